The molecule has 5 rings (SSSR count). The number of ether oxygens (including phenoxy) is 1. The van der Waals surface area contributed by atoms with Crippen molar-refractivity contribution in [2.24, 2.45) is 0 Å². The summed E-state index contributed by atoms with van der Waals surface area (Å²) in [4.78, 5) is 28.5. The number of carbonyl (C=O) groups is 2. The summed E-state index contributed by atoms with van der Waals surface area (Å²) in [6.45, 7) is -0.292. The van der Waals surface area contributed by atoms with E-state index in [4.69, 9.17) is 16.3 Å². The molecule has 11 heteroatoms. The molecular weight excluding hydrogens is 654 g/mol. The zero-order valence-electron chi connectivity index (χ0n) is 23.0. The van der Waals surface area contributed by atoms with Gasteiger partial charge in [-0.05, 0) is 60.0 Å². The Kier molecular flexibility index (Phi) is 9.82. The molecule has 4 aromatic carbocycles. The molecule has 4 aromatic rings. The second-order valence-corrected chi connectivity index (χ2v) is 13.2. The molecule has 0 radical (unpaired) electrons. The van der Waals surface area contributed by atoms with Crippen LogP contribution in [0.4, 0.5) is 5.69 Å². The van der Waals surface area contributed by atoms with Crippen LogP contribution in [0, 0.1) is 0 Å². The zero-order chi connectivity index (χ0) is 30.4. The smallest absolute Gasteiger partial charge is 0.262 e. The van der Waals surface area contributed by atoms with Crippen molar-refractivity contribution >= 4 is 55.1 Å². The molecule has 2 amide bonds. The zero-order valence-corrected chi connectivity index (χ0v) is 26.2. The minimum absolute atomic E-state index is 0.0357. The van der Waals surface area contributed by atoms with E-state index in [1.165, 1.54) is 17.0 Å². The van der Waals surface area contributed by atoms with Crippen LogP contribution in [0.5, 0.6) is 5.75 Å². The number of benzene rings is 4. The second-order valence-electron chi connectivity index (χ2n) is 9.92. The molecule has 0 aromatic heterocycles. The molecule has 1 N–H and O–H groups in total. The van der Waals surface area contributed by atoms with E-state index >= 15 is 0 Å². The number of sulfonamides is 1. The second kappa shape index (κ2) is 13.7. The maximum absolute atomic E-state index is 13.9. The monoisotopic (exact) mass is 681 g/mol. The van der Waals surface area contributed by atoms with E-state index in [1.807, 2.05) is 30.3 Å². The van der Waals surface area contributed by atoms with Crippen LogP contribution in [-0.4, -0.2) is 50.3 Å². The van der Waals surface area contributed by atoms with Crippen molar-refractivity contribution < 1.29 is 22.7 Å². The Balaban J connectivity index is 1.38. The van der Waals surface area contributed by atoms with Gasteiger partial charge in [-0.2, -0.15) is 4.31 Å². The van der Waals surface area contributed by atoms with Crippen molar-refractivity contribution in [2.75, 3.05) is 24.5 Å². The van der Waals surface area contributed by atoms with Crippen molar-refractivity contribution in [2.45, 2.75) is 24.0 Å². The minimum Gasteiger partial charge on any atom is -0.477 e. The Bertz CT molecular complexity index is 1700. The largest absolute Gasteiger partial charge is 0.477 e. The number of fused-ring (bicyclic) bond motifs is 1. The molecule has 0 fully saturated rings. The van der Waals surface area contributed by atoms with Gasteiger partial charge in [0.1, 0.15) is 5.75 Å². The highest BCUT2D eigenvalue weighted by Gasteiger charge is 2.36. The van der Waals surface area contributed by atoms with Gasteiger partial charge in [0.15, 0.2) is 6.10 Å². The lowest BCUT2D eigenvalue weighted by Gasteiger charge is -2.35. The van der Waals surface area contributed by atoms with E-state index in [-0.39, 0.29) is 23.9 Å². The summed E-state index contributed by atoms with van der Waals surface area (Å²) in [5.74, 6) is -0.511. The Morgan fingerprint density at radius 2 is 1.60 bits per heavy atom. The molecule has 43 heavy (non-hydrogen) atoms. The SMILES string of the molecule is O=C(NCCc1ccccc1)[C@H]1CN(C(=O)CN(Cc2ccccc2Cl)S(=O)(=O)c2ccc(Br)cc2)c2ccccc2O1. The van der Waals surface area contributed by atoms with Gasteiger partial charge >= 0.3 is 0 Å². The molecule has 0 saturated heterocycles. The number of carbonyl (C=O) groups excluding carboxylic acids is 2. The maximum Gasteiger partial charge on any atom is 0.262 e. The molecule has 1 aliphatic rings. The summed E-state index contributed by atoms with van der Waals surface area (Å²) < 4.78 is 35.5. The van der Waals surface area contributed by atoms with Crippen molar-refractivity contribution in [3.8, 4) is 5.75 Å². The minimum atomic E-state index is -4.12. The predicted octanol–water partition coefficient (Wildman–Crippen LogP) is 5.45. The third-order valence-corrected chi connectivity index (χ3v) is 9.69. The lowest BCUT2D eigenvalue weighted by atomic mass is 10.1. The molecule has 8 nitrogen and oxygen atoms in total. The molecular formula is C32H29BrClN3O5S. The van der Waals surface area contributed by atoms with Crippen molar-refractivity contribution in [1.82, 2.24) is 9.62 Å². The number of amides is 2. The highest BCUT2D eigenvalue weighted by atomic mass is 79.9. The lowest BCUT2D eigenvalue weighted by Crippen LogP contribution is -2.53. The van der Waals surface area contributed by atoms with Crippen LogP contribution in [-0.2, 0) is 32.6 Å². The topological polar surface area (TPSA) is 96.0 Å². The van der Waals surface area contributed by atoms with E-state index in [1.54, 1.807) is 60.7 Å². The predicted molar refractivity (Wildman–Crippen MR) is 170 cm³/mol. The first kappa shape index (κ1) is 30.7. The third kappa shape index (κ3) is 7.45. The van der Waals surface area contributed by atoms with Gasteiger partial charge in [-0.3, -0.25) is 9.59 Å². The van der Waals surface area contributed by atoms with Crippen LogP contribution in [0.1, 0.15) is 11.1 Å². The molecule has 1 heterocycles. The number of rotatable bonds is 10. The van der Waals surface area contributed by atoms with E-state index in [9.17, 15) is 18.0 Å². The van der Waals surface area contributed by atoms with Gasteiger partial charge in [0, 0.05) is 22.6 Å². The van der Waals surface area contributed by atoms with Crippen molar-refractivity contribution in [3.05, 3.63) is 124 Å². The van der Waals surface area contributed by atoms with Crippen molar-refractivity contribution in [3.63, 3.8) is 0 Å². The first-order valence-corrected chi connectivity index (χ1v) is 16.2. The molecule has 0 bridgehead atoms. The van der Waals surface area contributed by atoms with Crippen LogP contribution in [0.15, 0.2) is 112 Å². The summed E-state index contributed by atoms with van der Waals surface area (Å²) in [5, 5.41) is 3.28. The molecule has 0 spiro atoms. The molecule has 0 aliphatic carbocycles. The van der Waals surface area contributed by atoms with Crippen LogP contribution in [0.3, 0.4) is 0 Å². The Morgan fingerprint density at radius 1 is 0.930 bits per heavy atom. The summed E-state index contributed by atoms with van der Waals surface area (Å²) in [7, 11) is -4.12. The summed E-state index contributed by atoms with van der Waals surface area (Å²) in [6.07, 6.45) is -0.335. The Hall–Kier alpha value is -3.70. The maximum atomic E-state index is 13.9. The third-order valence-electron chi connectivity index (χ3n) is 6.99. The number of nitrogens with zero attached hydrogens (tertiary/aromatic N) is 2. The van der Waals surface area contributed by atoms with Crippen LogP contribution < -0.4 is 15.0 Å². The number of hydrogen-bond donors (Lipinski definition) is 1. The summed E-state index contributed by atoms with van der Waals surface area (Å²) in [5.41, 5.74) is 2.09. The molecule has 222 valence electrons. The first-order chi connectivity index (χ1) is 20.7. The Morgan fingerprint density at radius 3 is 2.35 bits per heavy atom. The van der Waals surface area contributed by atoms with E-state index in [0.717, 1.165) is 14.3 Å². The van der Waals surface area contributed by atoms with Gasteiger partial charge < -0.3 is 15.0 Å². The number of hydrogen-bond acceptors (Lipinski definition) is 5. The summed E-state index contributed by atoms with van der Waals surface area (Å²) >= 11 is 9.72. The average molecular weight is 683 g/mol. The highest BCUT2D eigenvalue weighted by molar-refractivity contribution is 9.10. The van der Waals surface area contributed by atoms with Gasteiger partial charge in [0.05, 0.1) is 23.7 Å². The average Bonchev–Trinajstić information content (AvgIpc) is 3.01. The normalized spacial score (nSPS) is 14.6. The highest BCUT2D eigenvalue weighted by Crippen LogP contribution is 2.34. The standard InChI is InChI=1S/C32H29BrClN3O5S/c33-25-14-16-26(17-15-25)43(40,41)36(20-24-10-4-5-11-27(24)34)22-31(38)37-21-30(42-29-13-7-6-12-28(29)37)32(39)35-19-18-23-8-2-1-3-9-23/h1-17,30H,18-22H2,(H,35,39)/t30-/m1/s1. The molecule has 1 atom stereocenters. The molecule has 0 saturated carbocycles. The fourth-order valence-corrected chi connectivity index (χ4v) is 6.56. The van der Waals surface area contributed by atoms with Gasteiger partial charge in [-0.1, -0.05) is 88.2 Å². The Labute approximate surface area is 264 Å². The lowest BCUT2D eigenvalue weighted by molar-refractivity contribution is -0.128. The van der Waals surface area contributed by atoms with Crippen LogP contribution in [0.25, 0.3) is 0 Å². The van der Waals surface area contributed by atoms with Gasteiger partial charge in [0.25, 0.3) is 5.91 Å². The van der Waals surface area contributed by atoms with Crippen LogP contribution >= 0.6 is 27.5 Å². The van der Waals surface area contributed by atoms with Gasteiger partial charge in [-0.15, -0.1) is 0 Å². The number of anilines is 1. The fourth-order valence-electron chi connectivity index (χ4n) is 4.73. The van der Waals surface area contributed by atoms with E-state index in [0.29, 0.717) is 35.0 Å². The molecule has 0 unspecified atom stereocenters. The van der Waals surface area contributed by atoms with Gasteiger partial charge in [-0.25, -0.2) is 8.42 Å². The molecule has 1 aliphatic heterocycles. The quantitative estimate of drug-likeness (QED) is 0.240. The number of halogens is 2. The first-order valence-electron chi connectivity index (χ1n) is 13.6. The van der Waals surface area contributed by atoms with E-state index < -0.39 is 28.6 Å². The summed E-state index contributed by atoms with van der Waals surface area (Å²) in [6, 6.07) is 29.8. The fraction of sp³-hybridized carbons (Fsp3) is 0.188. The number of nitrogens with one attached hydrogen (secondary N) is 1. The number of para-hydroxylation sites is 2. The van der Waals surface area contributed by atoms with Crippen LogP contribution in [0.2, 0.25) is 5.02 Å². The van der Waals surface area contributed by atoms with Crippen molar-refractivity contribution in [1.29, 1.82) is 0 Å². The van der Waals surface area contributed by atoms with Gasteiger partial charge in [0.2, 0.25) is 15.9 Å². The van der Waals surface area contributed by atoms with E-state index in [2.05, 4.69) is 21.2 Å².